The number of hydrogen-bond acceptors (Lipinski definition) is 9. The van der Waals surface area contributed by atoms with Crippen LogP contribution in [0.5, 0.6) is 0 Å². The number of imidazole rings is 1. The van der Waals surface area contributed by atoms with Crippen molar-refractivity contribution in [2.24, 2.45) is 0 Å². The summed E-state index contributed by atoms with van der Waals surface area (Å²) in [5.41, 5.74) is 1.31. The topological polar surface area (TPSA) is 117 Å². The molecule has 0 spiro atoms. The molecule has 12 nitrogen and oxygen atoms in total. The lowest BCUT2D eigenvalue weighted by Crippen LogP contribution is -2.39. The summed E-state index contributed by atoms with van der Waals surface area (Å²) in [4.78, 5) is 29.3. The first-order chi connectivity index (χ1) is 19.8. The van der Waals surface area contributed by atoms with Gasteiger partial charge in [-0.2, -0.15) is 0 Å². The van der Waals surface area contributed by atoms with Crippen molar-refractivity contribution in [1.29, 1.82) is 0 Å². The number of carbonyl (C=O) groups excluding carboxylic acids is 1. The summed E-state index contributed by atoms with van der Waals surface area (Å²) < 4.78 is 37.0. The van der Waals surface area contributed by atoms with E-state index < -0.39 is 33.1 Å². The Bertz CT molecular complexity index is 1330. The van der Waals surface area contributed by atoms with Gasteiger partial charge in [0.25, 0.3) is 14.4 Å². The highest BCUT2D eigenvalue weighted by atomic mass is 31.2. The summed E-state index contributed by atoms with van der Waals surface area (Å²) in [7, 11) is -0.0265. The zero-order chi connectivity index (χ0) is 29.5. The molecule has 1 aliphatic heterocycles. The molecular formula is C27H36N7O5P. The summed E-state index contributed by atoms with van der Waals surface area (Å²) in [6.07, 6.45) is 0.290. The van der Waals surface area contributed by atoms with Gasteiger partial charge in [0.2, 0.25) is 6.54 Å². The van der Waals surface area contributed by atoms with Crippen molar-refractivity contribution in [2.45, 2.75) is 71.2 Å². The predicted octanol–water partition coefficient (Wildman–Crippen LogP) is 4.68. The van der Waals surface area contributed by atoms with Crippen LogP contribution in [-0.4, -0.2) is 80.8 Å². The van der Waals surface area contributed by atoms with Crippen molar-refractivity contribution < 1.29 is 24.7 Å². The van der Waals surface area contributed by atoms with Gasteiger partial charge in [-0.05, 0) is 46.7 Å². The van der Waals surface area contributed by atoms with Gasteiger partial charge in [-0.15, -0.1) is 0 Å². The number of benzene rings is 1. The molecule has 3 heterocycles. The number of fused-ring (bicyclic) bond motifs is 1. The quantitative estimate of drug-likeness (QED) is 0.188. The van der Waals surface area contributed by atoms with Crippen molar-refractivity contribution in [3.63, 3.8) is 0 Å². The Morgan fingerprint density at radius 2 is 1.98 bits per heavy atom. The number of ether oxygens (including phenoxy) is 2. The molecule has 0 saturated carbocycles. The highest BCUT2D eigenvalue weighted by Gasteiger charge is 2.48. The van der Waals surface area contributed by atoms with Crippen LogP contribution < -0.4 is 5.32 Å². The van der Waals surface area contributed by atoms with Crippen LogP contribution in [0.2, 0.25) is 0 Å². The zero-order valence-corrected chi connectivity index (χ0v) is 24.2. The number of carbonyl (C=O) groups is 1. The largest absolute Gasteiger partial charge is 0.374 e. The highest BCUT2D eigenvalue weighted by Crippen LogP contribution is 2.50. The lowest BCUT2D eigenvalue weighted by atomic mass is 10.1. The van der Waals surface area contributed by atoms with Gasteiger partial charge in [0.05, 0.1) is 12.4 Å². The molecule has 1 N–H and O–H groups in total. The molecule has 0 aliphatic carbocycles. The van der Waals surface area contributed by atoms with E-state index in [1.807, 2.05) is 6.07 Å². The normalized spacial score (nSPS) is 22.1. The van der Waals surface area contributed by atoms with Gasteiger partial charge >= 0.3 is 0 Å². The maximum absolute atomic E-state index is 12.8. The molecule has 1 aromatic carbocycles. The molecular weight excluding hydrogens is 533 g/mol. The highest BCUT2D eigenvalue weighted by molar-refractivity contribution is 7.44. The Morgan fingerprint density at radius 3 is 2.62 bits per heavy atom. The van der Waals surface area contributed by atoms with Crippen LogP contribution in [0.25, 0.3) is 16.0 Å². The molecule has 0 radical (unpaired) electrons. The van der Waals surface area contributed by atoms with E-state index in [2.05, 4.69) is 57.5 Å². The van der Waals surface area contributed by atoms with Crippen LogP contribution in [0.1, 0.15) is 52.6 Å². The van der Waals surface area contributed by atoms with E-state index in [0.29, 0.717) is 16.7 Å². The number of methoxy groups -OCH3 is 1. The SMILES string of the molecule is [2H]C[C@H]1O[C@@H](n2cnc3c(NC(=O)c4ccccc4)ncnc32)[C@@H](OC)C1OP(OCC[N+]#[C-])N(C(C)C)C(C)C. The van der Waals surface area contributed by atoms with Crippen molar-refractivity contribution in [3.8, 4) is 0 Å². The van der Waals surface area contributed by atoms with Gasteiger partial charge in [-0.1, -0.05) is 18.2 Å². The van der Waals surface area contributed by atoms with E-state index >= 15 is 0 Å². The van der Waals surface area contributed by atoms with Crippen LogP contribution in [0, 0.1) is 6.57 Å². The average molecular weight is 571 g/mol. The third-order valence-electron chi connectivity index (χ3n) is 6.32. The van der Waals surface area contributed by atoms with E-state index in [1.54, 1.807) is 42.3 Å². The van der Waals surface area contributed by atoms with E-state index in [-0.39, 0.29) is 43.9 Å². The molecule has 2 unspecified atom stereocenters. The van der Waals surface area contributed by atoms with Gasteiger partial charge in [0.15, 0.2) is 23.2 Å². The van der Waals surface area contributed by atoms with Gasteiger partial charge in [-0.3, -0.25) is 9.36 Å². The summed E-state index contributed by atoms with van der Waals surface area (Å²) in [6, 6.07) is 9.05. The van der Waals surface area contributed by atoms with Gasteiger partial charge < -0.3 is 28.7 Å². The van der Waals surface area contributed by atoms with Crippen molar-refractivity contribution >= 4 is 31.4 Å². The first-order valence-electron chi connectivity index (χ1n) is 13.7. The van der Waals surface area contributed by atoms with Crippen molar-refractivity contribution in [3.05, 3.63) is 60.0 Å². The first-order valence-corrected chi connectivity index (χ1v) is 14.2. The lowest BCUT2D eigenvalue weighted by molar-refractivity contribution is -0.0466. The Morgan fingerprint density at radius 1 is 1.23 bits per heavy atom. The molecule has 1 amide bonds. The molecule has 1 fully saturated rings. The molecule has 1 saturated heterocycles. The van der Waals surface area contributed by atoms with Gasteiger partial charge in [0.1, 0.15) is 25.1 Å². The number of rotatable bonds is 12. The molecule has 1 aliphatic rings. The second-order valence-electron chi connectivity index (χ2n) is 9.72. The maximum Gasteiger partial charge on any atom is 0.259 e. The Balaban J connectivity index is 1.62. The summed E-state index contributed by atoms with van der Waals surface area (Å²) in [5.74, 6) is -0.0538. The average Bonchev–Trinajstić information content (AvgIpc) is 3.54. The summed E-state index contributed by atoms with van der Waals surface area (Å²) >= 11 is 0. The molecule has 4 rings (SSSR count). The number of hydrogen-bond donors (Lipinski definition) is 1. The molecule has 2 aromatic heterocycles. The minimum atomic E-state index is -1.59. The van der Waals surface area contributed by atoms with Crippen LogP contribution in [0.15, 0.2) is 43.0 Å². The summed E-state index contributed by atoms with van der Waals surface area (Å²) in [5, 5.41) is 2.81. The second-order valence-corrected chi connectivity index (χ2v) is 11.1. The molecule has 5 atom stereocenters. The van der Waals surface area contributed by atoms with Crippen molar-refractivity contribution in [2.75, 3.05) is 25.6 Å². The standard InChI is InChI=1S/C27H36N7O5P/c1-17(2)34(18(3)4)40(37-14-13-28-6)39-22-19(5)38-27(23(22)36-7)33-16-31-21-24(29-15-30-25(21)33)32-26(35)20-11-9-8-10-12-20/h8-12,15-19,22-23,27H,13-14H2,1-5,7H3,(H,29,30,32,35)/t19-,22?,23+,27-,40?/m1/s1/i5D. The maximum atomic E-state index is 12.8. The minimum absolute atomic E-state index is 0.0738. The van der Waals surface area contributed by atoms with Crippen LogP contribution in [0.4, 0.5) is 5.82 Å². The van der Waals surface area contributed by atoms with E-state index in [9.17, 15) is 4.79 Å². The summed E-state index contributed by atoms with van der Waals surface area (Å²) in [6.45, 7) is 15.7. The second kappa shape index (κ2) is 13.5. The fourth-order valence-electron chi connectivity index (χ4n) is 4.60. The number of nitrogens with one attached hydrogen (secondary N) is 1. The molecule has 13 heteroatoms. The third-order valence-corrected chi connectivity index (χ3v) is 8.45. The number of anilines is 1. The van der Waals surface area contributed by atoms with Gasteiger partial charge in [-0.25, -0.2) is 26.2 Å². The third kappa shape index (κ3) is 6.47. The number of nitrogens with zero attached hydrogens (tertiary/aromatic N) is 6. The molecule has 0 bridgehead atoms. The lowest BCUT2D eigenvalue weighted by Gasteiger charge is -2.37. The van der Waals surface area contributed by atoms with Crippen LogP contribution in [0.3, 0.4) is 0 Å². The Kier molecular flexibility index (Phi) is 9.65. The van der Waals surface area contributed by atoms with Gasteiger partial charge in [0, 0.05) is 26.1 Å². The minimum Gasteiger partial charge on any atom is -0.374 e. The first kappa shape index (κ1) is 28.5. The van der Waals surface area contributed by atoms with Crippen molar-refractivity contribution in [1.82, 2.24) is 24.2 Å². The fourth-order valence-corrected chi connectivity index (χ4v) is 6.36. The molecule has 214 valence electrons. The number of amides is 1. The Labute approximate surface area is 237 Å². The van der Waals surface area contributed by atoms with Crippen LogP contribution >= 0.6 is 8.53 Å². The Hall–Kier alpha value is -3.04. The van der Waals surface area contributed by atoms with E-state index in [1.165, 1.54) is 6.33 Å². The van der Waals surface area contributed by atoms with Crippen LogP contribution in [-0.2, 0) is 18.5 Å². The number of aromatic nitrogens is 4. The van der Waals surface area contributed by atoms with E-state index in [0.717, 1.165) is 0 Å². The molecule has 3 aromatic rings. The van der Waals surface area contributed by atoms with E-state index in [4.69, 9.17) is 26.5 Å². The molecule has 40 heavy (non-hydrogen) atoms. The smallest absolute Gasteiger partial charge is 0.259 e. The zero-order valence-electron chi connectivity index (χ0n) is 24.3. The monoisotopic (exact) mass is 570 g/mol. The predicted molar refractivity (Wildman–Crippen MR) is 151 cm³/mol. The fraction of sp³-hybridized carbons (Fsp3) is 0.519.